The van der Waals surface area contributed by atoms with E-state index in [0.29, 0.717) is 18.1 Å². The molecule has 2 heterocycles. The van der Waals surface area contributed by atoms with E-state index in [2.05, 4.69) is 39.4 Å². The van der Waals surface area contributed by atoms with E-state index in [9.17, 15) is 0 Å². The first kappa shape index (κ1) is 21.3. The number of nitrogens with zero attached hydrogens (tertiary/aromatic N) is 3. The van der Waals surface area contributed by atoms with Crippen LogP contribution < -0.4 is 10.6 Å². The van der Waals surface area contributed by atoms with Crippen LogP contribution in [-0.4, -0.2) is 22.5 Å². The van der Waals surface area contributed by atoms with Crippen molar-refractivity contribution in [3.8, 4) is 0 Å². The van der Waals surface area contributed by atoms with Gasteiger partial charge in [-0.3, -0.25) is 0 Å². The van der Waals surface area contributed by atoms with Gasteiger partial charge in [-0.15, -0.1) is 46.7 Å². The van der Waals surface area contributed by atoms with E-state index in [4.69, 9.17) is 11.6 Å². The maximum Gasteiger partial charge on any atom is 0.192 e. The number of nitrogens with one attached hydrogen (secondary N) is 2. The van der Waals surface area contributed by atoms with Gasteiger partial charge >= 0.3 is 0 Å². The van der Waals surface area contributed by atoms with Gasteiger partial charge in [0, 0.05) is 16.4 Å². The molecule has 0 radical (unpaired) electrons. The zero-order valence-corrected chi connectivity index (χ0v) is 19.5. The normalized spacial score (nSPS) is 11.5. The number of benzene rings is 1. The molecule has 0 fully saturated rings. The van der Waals surface area contributed by atoms with Crippen molar-refractivity contribution in [1.82, 2.24) is 20.6 Å². The monoisotopic (exact) mass is 521 g/mol. The Morgan fingerprint density at radius 1 is 1.15 bits per heavy atom. The summed E-state index contributed by atoms with van der Waals surface area (Å²) in [5, 5.41) is 9.34. The Morgan fingerprint density at radius 3 is 2.65 bits per heavy atom. The number of guanidine groups is 1. The third kappa shape index (κ3) is 5.51. The number of aromatic nitrogens is 2. The van der Waals surface area contributed by atoms with Crippen molar-refractivity contribution in [1.29, 1.82) is 0 Å². The van der Waals surface area contributed by atoms with Crippen LogP contribution in [0.15, 0.2) is 23.2 Å². The van der Waals surface area contributed by atoms with Crippen LogP contribution in [-0.2, 0) is 13.1 Å². The molecule has 9 heteroatoms. The minimum Gasteiger partial charge on any atom is -0.357 e. The summed E-state index contributed by atoms with van der Waals surface area (Å²) in [7, 11) is 0. The SMILES string of the molecule is CCNC(=NCc1nc(C)c(C)s1)NCc1nc2cc(Cl)ccc2s1.I. The van der Waals surface area contributed by atoms with Crippen LogP contribution in [0.1, 0.15) is 27.5 Å². The molecule has 0 atom stereocenters. The summed E-state index contributed by atoms with van der Waals surface area (Å²) in [6.07, 6.45) is 0. The summed E-state index contributed by atoms with van der Waals surface area (Å²) in [6.45, 7) is 8.17. The zero-order valence-electron chi connectivity index (χ0n) is 14.8. The molecule has 3 aromatic rings. The van der Waals surface area contributed by atoms with Crippen molar-refractivity contribution < 1.29 is 0 Å². The molecule has 140 valence electrons. The highest BCUT2D eigenvalue weighted by atomic mass is 127. The summed E-state index contributed by atoms with van der Waals surface area (Å²) in [6, 6.07) is 5.79. The average molecular weight is 522 g/mol. The minimum atomic E-state index is 0. The molecule has 0 aliphatic rings. The number of aryl methyl sites for hydroxylation is 2. The van der Waals surface area contributed by atoms with Crippen molar-refractivity contribution in [2.75, 3.05) is 6.54 Å². The lowest BCUT2D eigenvalue weighted by molar-refractivity contribution is 0.811. The van der Waals surface area contributed by atoms with E-state index in [-0.39, 0.29) is 24.0 Å². The van der Waals surface area contributed by atoms with Gasteiger partial charge in [0.2, 0.25) is 0 Å². The standard InChI is InChI=1S/C17H20ClN5S2.HI/c1-4-19-17(20-8-15-22-10(2)11(3)24-15)21-9-16-23-13-7-12(18)5-6-14(13)25-16;/h5-7H,4,8-9H2,1-3H3,(H2,19,20,21);1H. The Morgan fingerprint density at radius 2 is 1.96 bits per heavy atom. The van der Waals surface area contributed by atoms with Crippen LogP contribution in [0.3, 0.4) is 0 Å². The Hall–Kier alpha value is -0.970. The predicted molar refractivity (Wildman–Crippen MR) is 123 cm³/mol. The third-order valence-corrected chi connectivity index (χ3v) is 5.92. The van der Waals surface area contributed by atoms with Crippen molar-refractivity contribution in [2.24, 2.45) is 4.99 Å². The Kier molecular flexibility index (Phi) is 8.05. The minimum absolute atomic E-state index is 0. The first-order valence-electron chi connectivity index (χ1n) is 8.05. The summed E-state index contributed by atoms with van der Waals surface area (Å²) in [5.74, 6) is 0.769. The molecule has 0 spiro atoms. The fourth-order valence-corrected chi connectivity index (χ4v) is 4.19. The van der Waals surface area contributed by atoms with Crippen LogP contribution in [0.5, 0.6) is 0 Å². The first-order chi connectivity index (χ1) is 12.0. The number of rotatable bonds is 5. The number of aliphatic imine (C=N–C) groups is 1. The number of halogens is 2. The lowest BCUT2D eigenvalue weighted by atomic mass is 10.3. The van der Waals surface area contributed by atoms with E-state index in [1.807, 2.05) is 25.1 Å². The number of hydrogen-bond acceptors (Lipinski definition) is 5. The van der Waals surface area contributed by atoms with E-state index in [0.717, 1.165) is 38.4 Å². The second-order valence-corrected chi connectivity index (χ2v) is 8.36. The van der Waals surface area contributed by atoms with Crippen LogP contribution in [0, 0.1) is 13.8 Å². The lowest BCUT2D eigenvalue weighted by Gasteiger charge is -2.09. The maximum absolute atomic E-state index is 6.02. The number of hydrogen-bond donors (Lipinski definition) is 2. The van der Waals surface area contributed by atoms with Gasteiger partial charge in [-0.25, -0.2) is 15.0 Å². The van der Waals surface area contributed by atoms with Crippen LogP contribution in [0.25, 0.3) is 10.2 Å². The molecule has 0 saturated heterocycles. The maximum atomic E-state index is 6.02. The van der Waals surface area contributed by atoms with Gasteiger partial charge in [-0.2, -0.15) is 0 Å². The molecule has 26 heavy (non-hydrogen) atoms. The summed E-state index contributed by atoms with van der Waals surface area (Å²) < 4.78 is 1.14. The van der Waals surface area contributed by atoms with Gasteiger partial charge in [0.1, 0.15) is 10.0 Å². The topological polar surface area (TPSA) is 62.2 Å². The molecule has 0 aliphatic heterocycles. The highest BCUT2D eigenvalue weighted by Gasteiger charge is 2.07. The van der Waals surface area contributed by atoms with E-state index in [1.165, 1.54) is 4.88 Å². The molecular formula is C17H21ClIN5S2. The van der Waals surface area contributed by atoms with Gasteiger partial charge in [0.15, 0.2) is 5.96 Å². The lowest BCUT2D eigenvalue weighted by Crippen LogP contribution is -2.36. The van der Waals surface area contributed by atoms with Crippen molar-refractivity contribution >= 4 is 74.4 Å². The van der Waals surface area contributed by atoms with Gasteiger partial charge < -0.3 is 10.6 Å². The number of thiazole rings is 2. The molecular weight excluding hydrogens is 501 g/mol. The predicted octanol–water partition coefficient (Wildman–Crippen LogP) is 4.90. The summed E-state index contributed by atoms with van der Waals surface area (Å²) in [5.41, 5.74) is 2.02. The van der Waals surface area contributed by atoms with Gasteiger partial charge in [-0.1, -0.05) is 11.6 Å². The second-order valence-electron chi connectivity index (χ2n) is 5.52. The molecule has 2 N–H and O–H groups in total. The highest BCUT2D eigenvalue weighted by Crippen LogP contribution is 2.24. The Labute approximate surface area is 183 Å². The molecule has 2 aromatic heterocycles. The third-order valence-electron chi connectivity index (χ3n) is 3.59. The second kappa shape index (κ2) is 9.82. The fourth-order valence-electron chi connectivity index (χ4n) is 2.28. The molecule has 0 bridgehead atoms. The van der Waals surface area contributed by atoms with Gasteiger partial charge in [0.05, 0.1) is 29.0 Å². The van der Waals surface area contributed by atoms with Crippen molar-refractivity contribution in [3.63, 3.8) is 0 Å². The van der Waals surface area contributed by atoms with Crippen molar-refractivity contribution in [2.45, 2.75) is 33.9 Å². The summed E-state index contributed by atoms with van der Waals surface area (Å²) >= 11 is 9.38. The molecule has 0 saturated carbocycles. The molecule has 3 rings (SSSR count). The largest absolute Gasteiger partial charge is 0.357 e. The average Bonchev–Trinajstić information content (AvgIpc) is 3.12. The number of fused-ring (bicyclic) bond motifs is 1. The van der Waals surface area contributed by atoms with Crippen molar-refractivity contribution in [3.05, 3.63) is 43.8 Å². The molecule has 0 aliphatic carbocycles. The smallest absolute Gasteiger partial charge is 0.192 e. The van der Waals surface area contributed by atoms with Gasteiger partial charge in [-0.05, 0) is 39.0 Å². The van der Waals surface area contributed by atoms with E-state index < -0.39 is 0 Å². The quantitative estimate of drug-likeness (QED) is 0.285. The van der Waals surface area contributed by atoms with Crippen LogP contribution in [0.4, 0.5) is 0 Å². The zero-order chi connectivity index (χ0) is 17.8. The van der Waals surface area contributed by atoms with Gasteiger partial charge in [0.25, 0.3) is 0 Å². The molecule has 0 amide bonds. The van der Waals surface area contributed by atoms with E-state index in [1.54, 1.807) is 22.7 Å². The van der Waals surface area contributed by atoms with Crippen LogP contribution in [0.2, 0.25) is 5.02 Å². The molecule has 1 aromatic carbocycles. The van der Waals surface area contributed by atoms with E-state index >= 15 is 0 Å². The van der Waals surface area contributed by atoms with Crippen LogP contribution >= 0.6 is 58.3 Å². The molecule has 5 nitrogen and oxygen atoms in total. The summed E-state index contributed by atoms with van der Waals surface area (Å²) in [4.78, 5) is 15.0. The first-order valence-corrected chi connectivity index (χ1v) is 10.1. The Bertz CT molecular complexity index is 886. The Balaban J connectivity index is 0.00000243. The highest BCUT2D eigenvalue weighted by molar-refractivity contribution is 14.0. The fraction of sp³-hybridized carbons (Fsp3) is 0.353. The molecule has 0 unspecified atom stereocenters.